The van der Waals surface area contributed by atoms with Crippen LogP contribution in [0, 0.1) is 0 Å². The zero-order chi connectivity index (χ0) is 12.8. The second kappa shape index (κ2) is 6.05. The van der Waals surface area contributed by atoms with Gasteiger partial charge in [0.25, 0.3) is 0 Å². The second-order valence-electron chi connectivity index (χ2n) is 5.17. The topological polar surface area (TPSA) is 68.3 Å². The fraction of sp³-hybridized carbons (Fsp3) is 0.643. The fourth-order valence-electron chi connectivity index (χ4n) is 2.66. The molecule has 2 rings (SSSR count). The molecule has 0 aliphatic heterocycles. The smallest absolute Gasteiger partial charge is 0.220 e. The lowest BCUT2D eigenvalue weighted by molar-refractivity contribution is -0.123. The average molecular weight is 250 g/mol. The van der Waals surface area contributed by atoms with Crippen molar-refractivity contribution < 1.29 is 9.21 Å². The molecule has 0 radical (unpaired) electrons. The van der Waals surface area contributed by atoms with Gasteiger partial charge in [0, 0.05) is 19.4 Å². The van der Waals surface area contributed by atoms with E-state index in [4.69, 9.17) is 10.2 Å². The van der Waals surface area contributed by atoms with Gasteiger partial charge >= 0.3 is 0 Å². The first-order valence-corrected chi connectivity index (χ1v) is 6.78. The van der Waals surface area contributed by atoms with E-state index in [1.807, 2.05) is 12.1 Å². The molecular weight excluding hydrogens is 228 g/mol. The Morgan fingerprint density at radius 1 is 1.39 bits per heavy atom. The zero-order valence-electron chi connectivity index (χ0n) is 10.8. The molecule has 1 amide bonds. The second-order valence-corrected chi connectivity index (χ2v) is 5.17. The van der Waals surface area contributed by atoms with Crippen molar-refractivity contribution in [3.8, 4) is 0 Å². The average Bonchev–Trinajstić information content (AvgIpc) is 2.91. The Balaban J connectivity index is 1.81. The molecule has 1 aliphatic carbocycles. The van der Waals surface area contributed by atoms with Crippen LogP contribution in [0.3, 0.4) is 0 Å². The number of hydrogen-bond acceptors (Lipinski definition) is 3. The largest absolute Gasteiger partial charge is 0.469 e. The van der Waals surface area contributed by atoms with E-state index < -0.39 is 0 Å². The van der Waals surface area contributed by atoms with Crippen molar-refractivity contribution in [3.63, 3.8) is 0 Å². The molecule has 4 nitrogen and oxygen atoms in total. The van der Waals surface area contributed by atoms with Gasteiger partial charge in [-0.05, 0) is 25.0 Å². The summed E-state index contributed by atoms with van der Waals surface area (Å²) in [6.07, 6.45) is 8.35. The molecule has 1 fully saturated rings. The normalized spacial score (nSPS) is 18.5. The molecule has 0 bridgehead atoms. The summed E-state index contributed by atoms with van der Waals surface area (Å²) in [5, 5.41) is 3.14. The minimum Gasteiger partial charge on any atom is -0.469 e. The van der Waals surface area contributed by atoms with Crippen molar-refractivity contribution in [2.75, 3.05) is 6.54 Å². The summed E-state index contributed by atoms with van der Waals surface area (Å²) in [7, 11) is 0. The number of aryl methyl sites for hydroxylation is 1. The van der Waals surface area contributed by atoms with E-state index >= 15 is 0 Å². The first-order chi connectivity index (χ1) is 8.74. The van der Waals surface area contributed by atoms with Gasteiger partial charge in [0.15, 0.2) is 0 Å². The molecule has 1 aliphatic rings. The van der Waals surface area contributed by atoms with E-state index in [1.165, 1.54) is 6.42 Å². The highest BCUT2D eigenvalue weighted by molar-refractivity contribution is 5.77. The van der Waals surface area contributed by atoms with Crippen molar-refractivity contribution in [2.24, 2.45) is 5.73 Å². The van der Waals surface area contributed by atoms with Gasteiger partial charge in [-0.2, -0.15) is 0 Å². The lowest BCUT2D eigenvalue weighted by atomic mass is 9.81. The first-order valence-electron chi connectivity index (χ1n) is 6.78. The number of carbonyl (C=O) groups is 1. The summed E-state index contributed by atoms with van der Waals surface area (Å²) >= 11 is 0. The maximum Gasteiger partial charge on any atom is 0.220 e. The van der Waals surface area contributed by atoms with Crippen LogP contribution in [0.15, 0.2) is 22.8 Å². The third-order valence-corrected chi connectivity index (χ3v) is 3.78. The Bertz CT molecular complexity index is 367. The molecule has 18 heavy (non-hydrogen) atoms. The van der Waals surface area contributed by atoms with E-state index in [1.54, 1.807) is 6.26 Å². The van der Waals surface area contributed by atoms with Crippen LogP contribution in [0.4, 0.5) is 0 Å². The Kier molecular flexibility index (Phi) is 4.42. The maximum atomic E-state index is 12.0. The lowest BCUT2D eigenvalue weighted by Crippen LogP contribution is -2.54. The lowest BCUT2D eigenvalue weighted by Gasteiger charge is -2.37. The highest BCUT2D eigenvalue weighted by Gasteiger charge is 2.31. The van der Waals surface area contributed by atoms with Gasteiger partial charge in [-0.15, -0.1) is 0 Å². The Labute approximate surface area is 108 Å². The number of hydrogen-bond donors (Lipinski definition) is 2. The molecule has 3 N–H and O–H groups in total. The summed E-state index contributed by atoms with van der Waals surface area (Å²) in [6, 6.07) is 3.74. The minimum absolute atomic E-state index is 0.0822. The number of nitrogens with one attached hydrogen (secondary N) is 1. The van der Waals surface area contributed by atoms with Crippen LogP contribution < -0.4 is 11.1 Å². The van der Waals surface area contributed by atoms with Crippen LogP contribution in [0.2, 0.25) is 0 Å². The zero-order valence-corrected chi connectivity index (χ0v) is 10.8. The number of nitrogens with two attached hydrogens (primary N) is 1. The van der Waals surface area contributed by atoms with Crippen LogP contribution in [0.5, 0.6) is 0 Å². The van der Waals surface area contributed by atoms with E-state index in [9.17, 15) is 4.79 Å². The quantitative estimate of drug-likeness (QED) is 0.839. The molecular formula is C14H22N2O2. The van der Waals surface area contributed by atoms with Crippen molar-refractivity contribution in [1.82, 2.24) is 5.32 Å². The number of rotatable bonds is 5. The van der Waals surface area contributed by atoms with Crippen molar-refractivity contribution >= 4 is 5.91 Å². The molecule has 0 aromatic carbocycles. The Hall–Kier alpha value is -1.29. The van der Waals surface area contributed by atoms with Gasteiger partial charge in [-0.3, -0.25) is 4.79 Å². The van der Waals surface area contributed by atoms with Crippen LogP contribution >= 0.6 is 0 Å². The molecule has 1 aromatic heterocycles. The fourth-order valence-corrected chi connectivity index (χ4v) is 2.66. The van der Waals surface area contributed by atoms with Gasteiger partial charge in [-0.25, -0.2) is 0 Å². The van der Waals surface area contributed by atoms with Gasteiger partial charge in [-0.1, -0.05) is 19.3 Å². The van der Waals surface area contributed by atoms with Gasteiger partial charge in [0.1, 0.15) is 5.76 Å². The van der Waals surface area contributed by atoms with Gasteiger partial charge < -0.3 is 15.5 Å². The van der Waals surface area contributed by atoms with E-state index in [0.717, 1.165) is 31.4 Å². The van der Waals surface area contributed by atoms with Crippen molar-refractivity contribution in [2.45, 2.75) is 50.5 Å². The SMILES string of the molecule is NCC1(NC(=O)CCc2ccco2)CCCCC1. The molecule has 0 atom stereocenters. The summed E-state index contributed by atoms with van der Waals surface area (Å²) in [5.74, 6) is 0.939. The summed E-state index contributed by atoms with van der Waals surface area (Å²) < 4.78 is 5.22. The summed E-state index contributed by atoms with van der Waals surface area (Å²) in [6.45, 7) is 0.541. The maximum absolute atomic E-state index is 12.0. The molecule has 1 aromatic rings. The van der Waals surface area contributed by atoms with Gasteiger partial charge in [0.05, 0.1) is 11.8 Å². The minimum atomic E-state index is -0.154. The number of furan rings is 1. The van der Waals surface area contributed by atoms with Crippen LogP contribution in [0.25, 0.3) is 0 Å². The standard InChI is InChI=1S/C14H22N2O2/c15-11-14(8-2-1-3-9-14)16-13(17)7-6-12-5-4-10-18-12/h4-5,10H,1-3,6-9,11,15H2,(H,16,17). The monoisotopic (exact) mass is 250 g/mol. The molecule has 100 valence electrons. The molecule has 0 unspecified atom stereocenters. The Morgan fingerprint density at radius 3 is 2.78 bits per heavy atom. The molecule has 1 saturated carbocycles. The molecule has 1 heterocycles. The van der Waals surface area contributed by atoms with Crippen LogP contribution in [-0.2, 0) is 11.2 Å². The third kappa shape index (κ3) is 3.35. The predicted molar refractivity (Wildman–Crippen MR) is 70.0 cm³/mol. The number of amides is 1. The number of carbonyl (C=O) groups excluding carboxylic acids is 1. The highest BCUT2D eigenvalue weighted by Crippen LogP contribution is 2.27. The van der Waals surface area contributed by atoms with E-state index in [-0.39, 0.29) is 11.4 Å². The molecule has 4 heteroatoms. The van der Waals surface area contributed by atoms with Crippen LogP contribution in [0.1, 0.15) is 44.3 Å². The first kappa shape index (κ1) is 13.1. The van der Waals surface area contributed by atoms with Crippen molar-refractivity contribution in [1.29, 1.82) is 0 Å². The molecule has 0 saturated heterocycles. The van der Waals surface area contributed by atoms with Gasteiger partial charge in [0.2, 0.25) is 5.91 Å². The highest BCUT2D eigenvalue weighted by atomic mass is 16.3. The Morgan fingerprint density at radius 2 is 2.17 bits per heavy atom. The van der Waals surface area contributed by atoms with E-state index in [0.29, 0.717) is 19.4 Å². The molecule has 0 spiro atoms. The summed E-state index contributed by atoms with van der Waals surface area (Å²) in [5.41, 5.74) is 5.69. The van der Waals surface area contributed by atoms with E-state index in [2.05, 4.69) is 5.32 Å². The third-order valence-electron chi connectivity index (χ3n) is 3.78. The van der Waals surface area contributed by atoms with Crippen molar-refractivity contribution in [3.05, 3.63) is 24.2 Å². The summed E-state index contributed by atoms with van der Waals surface area (Å²) in [4.78, 5) is 12.0. The predicted octanol–water partition coefficient (Wildman–Crippen LogP) is 1.99. The van der Waals surface area contributed by atoms with Crippen LogP contribution in [-0.4, -0.2) is 18.0 Å².